The molecule has 1 aliphatic rings. The summed E-state index contributed by atoms with van der Waals surface area (Å²) in [6.45, 7) is 0. The average molecular weight is 823 g/mol. The molecule has 60 heavy (non-hydrogen) atoms. The fourth-order valence-corrected chi connectivity index (χ4v) is 11.9. The number of thiophene rings is 1. The van der Waals surface area contributed by atoms with Gasteiger partial charge in [0, 0.05) is 85.0 Å². The Kier molecular flexibility index (Phi) is 8.54. The molecule has 0 atom stereocenters. The van der Waals surface area contributed by atoms with E-state index in [0.29, 0.717) is 0 Å². The molecule has 0 fully saturated rings. The molecule has 0 bridgehead atoms. The van der Waals surface area contributed by atoms with Crippen molar-refractivity contribution in [2.75, 3.05) is 9.80 Å². The highest BCUT2D eigenvalue weighted by molar-refractivity contribution is 8.05. The lowest BCUT2D eigenvalue weighted by Crippen LogP contribution is -2.10. The van der Waals surface area contributed by atoms with E-state index in [9.17, 15) is 0 Å². The minimum atomic E-state index is 0.855. The quantitative estimate of drug-likeness (QED) is 0.159. The predicted octanol–water partition coefficient (Wildman–Crippen LogP) is 17.2. The van der Waals surface area contributed by atoms with Crippen molar-refractivity contribution in [1.29, 1.82) is 0 Å². The molecule has 0 N–H and O–H groups in total. The molecule has 0 unspecified atom stereocenters. The van der Waals surface area contributed by atoms with Crippen LogP contribution in [0.3, 0.4) is 0 Å². The Morgan fingerprint density at radius 1 is 0.333 bits per heavy atom. The largest absolute Gasteiger partial charge is 0.456 e. The van der Waals surface area contributed by atoms with Crippen LogP contribution in [-0.2, 0) is 0 Å². The molecule has 0 aliphatic carbocycles. The summed E-state index contributed by atoms with van der Waals surface area (Å²) >= 11 is 5.53. The van der Waals surface area contributed by atoms with Gasteiger partial charge >= 0.3 is 0 Å². The molecular weight excluding hydrogens is 789 g/mol. The Bertz CT molecular complexity index is 3390. The lowest BCUT2D eigenvalue weighted by molar-refractivity contribution is 0.669. The van der Waals surface area contributed by atoms with Gasteiger partial charge in [-0.25, -0.2) is 0 Å². The fraction of sp³-hybridized carbons (Fsp3) is 0. The third-order valence-corrected chi connectivity index (χ3v) is 15.0. The second-order valence-electron chi connectivity index (χ2n) is 14.9. The number of benzene rings is 9. The van der Waals surface area contributed by atoms with Crippen molar-refractivity contribution >= 4 is 111 Å². The summed E-state index contributed by atoms with van der Waals surface area (Å²) in [7, 11) is 0. The van der Waals surface area contributed by atoms with Crippen LogP contribution < -0.4 is 9.80 Å². The maximum Gasteiger partial charge on any atom is 0.138 e. The van der Waals surface area contributed by atoms with Gasteiger partial charge in [0.05, 0.1) is 5.69 Å². The van der Waals surface area contributed by atoms with E-state index in [4.69, 9.17) is 4.42 Å². The smallest absolute Gasteiger partial charge is 0.138 e. The van der Waals surface area contributed by atoms with E-state index in [1.165, 1.54) is 39.8 Å². The normalized spacial score (nSPS) is 12.2. The van der Waals surface area contributed by atoms with Crippen molar-refractivity contribution in [1.82, 2.24) is 0 Å². The molecule has 6 heteroatoms. The Morgan fingerprint density at radius 2 is 0.883 bits per heavy atom. The van der Waals surface area contributed by atoms with Gasteiger partial charge in [0.15, 0.2) is 0 Å². The van der Waals surface area contributed by atoms with Crippen LogP contribution in [0.5, 0.6) is 0 Å². The van der Waals surface area contributed by atoms with Gasteiger partial charge in [0.1, 0.15) is 11.2 Å². The molecule has 1 aliphatic heterocycles. The zero-order chi connectivity index (χ0) is 39.6. The van der Waals surface area contributed by atoms with Crippen molar-refractivity contribution in [2.45, 2.75) is 19.6 Å². The first-order valence-corrected chi connectivity index (χ1v) is 22.4. The molecule has 9 aromatic carbocycles. The number of furan rings is 1. The first kappa shape index (κ1) is 35.3. The first-order valence-electron chi connectivity index (χ1n) is 20.0. The summed E-state index contributed by atoms with van der Waals surface area (Å²) in [6, 6.07) is 74.4. The summed E-state index contributed by atoms with van der Waals surface area (Å²) < 4.78 is 9.29. The molecule has 0 radical (unpaired) electrons. The van der Waals surface area contributed by atoms with E-state index in [-0.39, 0.29) is 0 Å². The fourth-order valence-electron chi connectivity index (χ4n) is 8.54. The Hall–Kier alpha value is -6.70. The molecule has 11 aromatic rings. The number of anilines is 6. The zero-order valence-electron chi connectivity index (χ0n) is 32.2. The van der Waals surface area contributed by atoms with Gasteiger partial charge < -0.3 is 14.2 Å². The van der Waals surface area contributed by atoms with Gasteiger partial charge in [-0.3, -0.25) is 0 Å². The second kappa shape index (κ2) is 14.5. The van der Waals surface area contributed by atoms with Crippen LogP contribution in [0, 0.1) is 0 Å². The number of para-hydroxylation sites is 3. The van der Waals surface area contributed by atoms with Crippen molar-refractivity contribution in [3.63, 3.8) is 0 Å². The maximum atomic E-state index is 6.70. The van der Waals surface area contributed by atoms with Crippen LogP contribution in [0.1, 0.15) is 0 Å². The van der Waals surface area contributed by atoms with Crippen molar-refractivity contribution in [3.8, 4) is 11.1 Å². The van der Waals surface area contributed by atoms with Crippen LogP contribution in [0.4, 0.5) is 34.1 Å². The minimum Gasteiger partial charge on any atom is -0.456 e. The van der Waals surface area contributed by atoms with E-state index in [1.54, 1.807) is 0 Å². The summed E-state index contributed by atoms with van der Waals surface area (Å²) in [5.41, 5.74) is 10.5. The van der Waals surface area contributed by atoms with Crippen molar-refractivity contribution in [2.24, 2.45) is 0 Å². The van der Waals surface area contributed by atoms with Gasteiger partial charge in [-0.2, -0.15) is 0 Å². The van der Waals surface area contributed by atoms with Crippen LogP contribution in [-0.4, -0.2) is 0 Å². The van der Waals surface area contributed by atoms with E-state index < -0.39 is 0 Å². The molecular formula is C54H34N2OS3. The number of hydrogen-bond acceptors (Lipinski definition) is 6. The molecule has 0 amide bonds. The summed E-state index contributed by atoms with van der Waals surface area (Å²) in [6.07, 6.45) is 0. The molecule has 0 saturated carbocycles. The Balaban J connectivity index is 1.00. The molecule has 2 aromatic heterocycles. The van der Waals surface area contributed by atoms with E-state index in [2.05, 4.69) is 210 Å². The lowest BCUT2D eigenvalue weighted by atomic mass is 9.97. The third-order valence-electron chi connectivity index (χ3n) is 11.3. The van der Waals surface area contributed by atoms with Crippen LogP contribution >= 0.6 is 34.9 Å². The van der Waals surface area contributed by atoms with E-state index in [1.807, 2.05) is 40.9 Å². The monoisotopic (exact) mass is 822 g/mol. The SMILES string of the molecule is c1ccc(N(c2ccc3c(c2)Sc2ccccc2S3)c2cc(-c3ccc(N(c4ccccc4)c4ccc5c(c4)sc4ccccc45)cc3)c3c(c2)oc2ccccc23)cc1. The predicted molar refractivity (Wildman–Crippen MR) is 256 cm³/mol. The molecule has 0 saturated heterocycles. The topological polar surface area (TPSA) is 19.6 Å². The standard InChI is InChI=1S/C54H34N2OS3/c1-3-13-36(14-4-1)55(39-27-29-43-42-17-8-10-20-48(42)58-52(43)33-39)38-25-23-35(24-26-38)45-31-41(32-47-54(45)44-18-7-9-19-46(44)57-47)56(37-15-5-2-6-16-37)40-28-30-51-53(34-40)60-50-22-12-11-21-49(50)59-51/h1-34H. The zero-order valence-corrected chi connectivity index (χ0v) is 34.6. The highest BCUT2D eigenvalue weighted by Crippen LogP contribution is 2.51. The lowest BCUT2D eigenvalue weighted by Gasteiger charge is -2.28. The Morgan fingerprint density at radius 3 is 1.65 bits per heavy atom. The molecule has 3 nitrogen and oxygen atoms in total. The number of hydrogen-bond donors (Lipinski definition) is 0. The molecule has 3 heterocycles. The van der Waals surface area contributed by atoms with Gasteiger partial charge in [0.2, 0.25) is 0 Å². The third kappa shape index (κ3) is 6.06. The van der Waals surface area contributed by atoms with Crippen LogP contribution in [0.25, 0.3) is 53.2 Å². The number of rotatable bonds is 7. The van der Waals surface area contributed by atoms with E-state index in [0.717, 1.165) is 67.2 Å². The van der Waals surface area contributed by atoms with Crippen LogP contribution in [0.2, 0.25) is 0 Å². The maximum absolute atomic E-state index is 6.70. The Labute approximate surface area is 360 Å². The van der Waals surface area contributed by atoms with Crippen LogP contribution in [0.15, 0.2) is 230 Å². The number of nitrogens with zero attached hydrogens (tertiary/aromatic N) is 2. The minimum absolute atomic E-state index is 0.855. The van der Waals surface area contributed by atoms with Gasteiger partial charge in [0.25, 0.3) is 0 Å². The van der Waals surface area contributed by atoms with Gasteiger partial charge in [-0.15, -0.1) is 11.3 Å². The summed E-state index contributed by atoms with van der Waals surface area (Å²) in [4.78, 5) is 9.84. The highest BCUT2D eigenvalue weighted by atomic mass is 32.2. The van der Waals surface area contributed by atoms with Crippen molar-refractivity contribution in [3.05, 3.63) is 206 Å². The average Bonchev–Trinajstić information content (AvgIpc) is 3.87. The molecule has 0 spiro atoms. The number of fused-ring (bicyclic) bond motifs is 8. The molecule has 12 rings (SSSR count). The summed E-state index contributed by atoms with van der Waals surface area (Å²) in [5, 5.41) is 4.81. The van der Waals surface area contributed by atoms with Gasteiger partial charge in [-0.05, 0) is 108 Å². The second-order valence-corrected chi connectivity index (χ2v) is 18.2. The van der Waals surface area contributed by atoms with Gasteiger partial charge in [-0.1, -0.05) is 127 Å². The summed E-state index contributed by atoms with van der Waals surface area (Å²) in [5.74, 6) is 0. The van der Waals surface area contributed by atoms with E-state index >= 15 is 0 Å². The molecule has 284 valence electrons. The highest BCUT2D eigenvalue weighted by Gasteiger charge is 2.23. The first-order chi connectivity index (χ1) is 29.7. The van der Waals surface area contributed by atoms with Crippen molar-refractivity contribution < 1.29 is 4.42 Å².